The topological polar surface area (TPSA) is 67.8 Å². The number of benzene rings is 2. The van der Waals surface area contributed by atoms with E-state index in [1.165, 1.54) is 0 Å². The first-order valence-corrected chi connectivity index (χ1v) is 8.95. The molecule has 0 aliphatic carbocycles. The fraction of sp³-hybridized carbons (Fsp3) is 0.316. The van der Waals surface area contributed by atoms with Gasteiger partial charge in [0.05, 0.1) is 6.61 Å². The maximum atomic E-state index is 10.9. The van der Waals surface area contributed by atoms with Gasteiger partial charge in [0.1, 0.15) is 12.6 Å². The van der Waals surface area contributed by atoms with E-state index in [4.69, 9.17) is 37.8 Å². The van der Waals surface area contributed by atoms with E-state index >= 15 is 0 Å². The molecular formula is C19H21Cl2NO4. The first-order chi connectivity index (χ1) is 12.4. The van der Waals surface area contributed by atoms with Crippen LogP contribution in [0.1, 0.15) is 25.0 Å². The molecule has 2 N–H and O–H groups in total. The molecule has 5 nitrogen and oxygen atoms in total. The van der Waals surface area contributed by atoms with Crippen molar-refractivity contribution in [1.29, 1.82) is 0 Å². The van der Waals surface area contributed by atoms with Gasteiger partial charge in [0.15, 0.2) is 11.5 Å². The summed E-state index contributed by atoms with van der Waals surface area (Å²) in [6.07, 6.45) is 0. The summed E-state index contributed by atoms with van der Waals surface area (Å²) in [5.74, 6) is 0.168. The summed E-state index contributed by atoms with van der Waals surface area (Å²) in [6.45, 7) is 4.58. The Morgan fingerprint density at radius 3 is 2.42 bits per heavy atom. The summed E-state index contributed by atoms with van der Waals surface area (Å²) in [5, 5.41) is 13.0. The zero-order valence-corrected chi connectivity index (χ0v) is 16.1. The number of nitrogens with one attached hydrogen (secondary N) is 1. The second-order valence-electron chi connectivity index (χ2n) is 5.68. The third kappa shape index (κ3) is 5.80. The number of halogens is 2. The minimum atomic E-state index is -0.922. The van der Waals surface area contributed by atoms with Crippen molar-refractivity contribution < 1.29 is 19.4 Å². The third-order valence-electron chi connectivity index (χ3n) is 3.69. The molecule has 0 saturated carbocycles. The molecule has 26 heavy (non-hydrogen) atoms. The van der Waals surface area contributed by atoms with E-state index in [-0.39, 0.29) is 0 Å². The first kappa shape index (κ1) is 20.4. The Balaban J connectivity index is 2.13. The van der Waals surface area contributed by atoms with Gasteiger partial charge in [0.25, 0.3) is 0 Å². The molecule has 2 rings (SSSR count). The summed E-state index contributed by atoms with van der Waals surface area (Å²) in [5.41, 5.74) is 1.70. The Morgan fingerprint density at radius 2 is 1.81 bits per heavy atom. The largest absolute Gasteiger partial charge is 0.490 e. The summed E-state index contributed by atoms with van der Waals surface area (Å²) in [6, 6.07) is 10.1. The van der Waals surface area contributed by atoms with E-state index in [1.54, 1.807) is 31.2 Å². The highest BCUT2D eigenvalue weighted by molar-refractivity contribution is 6.31. The number of carboxylic acid groups (broad SMARTS) is 1. The quantitative estimate of drug-likeness (QED) is 0.650. The van der Waals surface area contributed by atoms with Gasteiger partial charge in [0, 0.05) is 22.7 Å². The monoisotopic (exact) mass is 397 g/mol. The number of hydrogen-bond acceptors (Lipinski definition) is 4. The first-order valence-electron chi connectivity index (χ1n) is 8.19. The minimum absolute atomic E-state index is 0.309. The minimum Gasteiger partial charge on any atom is -0.490 e. The highest BCUT2D eigenvalue weighted by Gasteiger charge is 2.14. The zero-order valence-electron chi connectivity index (χ0n) is 14.6. The fourth-order valence-corrected chi connectivity index (χ4v) is 2.53. The lowest BCUT2D eigenvalue weighted by Gasteiger charge is -2.16. The molecule has 1 atom stereocenters. The van der Waals surface area contributed by atoms with Gasteiger partial charge in [-0.15, -0.1) is 0 Å². The van der Waals surface area contributed by atoms with Crippen LogP contribution in [0.2, 0.25) is 10.0 Å². The maximum absolute atomic E-state index is 10.9. The summed E-state index contributed by atoms with van der Waals surface area (Å²) in [4.78, 5) is 10.9. The van der Waals surface area contributed by atoms with Crippen LogP contribution in [0.25, 0.3) is 0 Å². The number of aliphatic carboxylic acids is 1. The SMILES string of the molecule is CCOc1cc(CNC(C)C(=O)O)c(Cl)cc1OCc1ccc(Cl)cc1. The van der Waals surface area contributed by atoms with Crippen LogP contribution < -0.4 is 14.8 Å². The summed E-state index contributed by atoms with van der Waals surface area (Å²) < 4.78 is 11.5. The van der Waals surface area contributed by atoms with Gasteiger partial charge in [-0.1, -0.05) is 35.3 Å². The molecule has 2 aromatic rings. The van der Waals surface area contributed by atoms with Crippen LogP contribution in [0.4, 0.5) is 0 Å². The molecule has 0 amide bonds. The Bertz CT molecular complexity index is 750. The van der Waals surface area contributed by atoms with Gasteiger partial charge >= 0.3 is 5.97 Å². The lowest BCUT2D eigenvalue weighted by atomic mass is 10.1. The molecule has 1 unspecified atom stereocenters. The predicted molar refractivity (Wildman–Crippen MR) is 102 cm³/mol. The number of carbonyl (C=O) groups is 1. The van der Waals surface area contributed by atoms with Gasteiger partial charge in [-0.3, -0.25) is 4.79 Å². The normalized spacial score (nSPS) is 11.8. The Morgan fingerprint density at radius 1 is 1.15 bits per heavy atom. The lowest BCUT2D eigenvalue weighted by molar-refractivity contribution is -0.139. The molecule has 0 spiro atoms. The standard InChI is InChI=1S/C19H21Cl2NO4/c1-3-25-17-8-14(10-22-12(2)19(23)24)16(21)9-18(17)26-11-13-4-6-15(20)7-5-13/h4-9,12,22H,3,10-11H2,1-2H3,(H,23,24). The molecule has 0 saturated heterocycles. The molecule has 2 aromatic carbocycles. The van der Waals surface area contributed by atoms with Gasteiger partial charge in [-0.05, 0) is 43.2 Å². The second kappa shape index (κ2) is 9.67. The van der Waals surface area contributed by atoms with Gasteiger partial charge < -0.3 is 19.9 Å². The summed E-state index contributed by atoms with van der Waals surface area (Å²) in [7, 11) is 0. The summed E-state index contributed by atoms with van der Waals surface area (Å²) >= 11 is 12.2. The van der Waals surface area contributed by atoms with Crippen molar-refractivity contribution in [3.8, 4) is 11.5 Å². The highest BCUT2D eigenvalue weighted by atomic mass is 35.5. The van der Waals surface area contributed by atoms with Crippen LogP contribution in [-0.4, -0.2) is 23.7 Å². The van der Waals surface area contributed by atoms with E-state index in [2.05, 4.69) is 5.32 Å². The smallest absolute Gasteiger partial charge is 0.320 e. The van der Waals surface area contributed by atoms with Crippen molar-refractivity contribution in [2.24, 2.45) is 0 Å². The van der Waals surface area contributed by atoms with E-state index < -0.39 is 12.0 Å². The predicted octanol–water partition coefficient (Wildman–Crippen LogP) is 4.53. The zero-order chi connectivity index (χ0) is 19.1. The van der Waals surface area contributed by atoms with Crippen molar-refractivity contribution in [3.63, 3.8) is 0 Å². The van der Waals surface area contributed by atoms with Crippen molar-refractivity contribution in [1.82, 2.24) is 5.32 Å². The third-order valence-corrected chi connectivity index (χ3v) is 4.29. The number of carboxylic acids is 1. The van der Waals surface area contributed by atoms with Gasteiger partial charge in [0.2, 0.25) is 0 Å². The van der Waals surface area contributed by atoms with Crippen LogP contribution in [0.15, 0.2) is 36.4 Å². The number of hydrogen-bond donors (Lipinski definition) is 2. The van der Waals surface area contributed by atoms with E-state index in [0.717, 1.165) is 11.1 Å². The van der Waals surface area contributed by atoms with Gasteiger partial charge in [-0.25, -0.2) is 0 Å². The molecule has 7 heteroatoms. The van der Waals surface area contributed by atoms with Crippen molar-refractivity contribution in [3.05, 3.63) is 57.6 Å². The molecule has 0 aliphatic heterocycles. The molecule has 0 aliphatic rings. The highest BCUT2D eigenvalue weighted by Crippen LogP contribution is 2.34. The Labute approximate surface area is 162 Å². The van der Waals surface area contributed by atoms with Crippen molar-refractivity contribution in [2.75, 3.05) is 6.61 Å². The van der Waals surface area contributed by atoms with Crippen LogP contribution in [0.3, 0.4) is 0 Å². The number of ether oxygens (including phenoxy) is 2. The van der Waals surface area contributed by atoms with Crippen LogP contribution in [-0.2, 0) is 17.9 Å². The maximum Gasteiger partial charge on any atom is 0.320 e. The average molecular weight is 398 g/mol. The molecule has 0 fully saturated rings. The van der Waals surface area contributed by atoms with Crippen LogP contribution >= 0.6 is 23.2 Å². The lowest BCUT2D eigenvalue weighted by Crippen LogP contribution is -2.33. The van der Waals surface area contributed by atoms with Crippen molar-refractivity contribution in [2.45, 2.75) is 33.0 Å². The molecular weight excluding hydrogens is 377 g/mol. The van der Waals surface area contributed by atoms with Crippen LogP contribution in [0, 0.1) is 0 Å². The van der Waals surface area contributed by atoms with Crippen molar-refractivity contribution >= 4 is 29.2 Å². The average Bonchev–Trinajstić information content (AvgIpc) is 2.61. The molecule has 140 valence electrons. The molecule has 0 radical (unpaired) electrons. The fourth-order valence-electron chi connectivity index (χ4n) is 2.19. The van der Waals surface area contributed by atoms with E-state index in [0.29, 0.717) is 41.3 Å². The molecule has 0 bridgehead atoms. The number of rotatable bonds is 9. The molecule has 0 heterocycles. The van der Waals surface area contributed by atoms with E-state index in [9.17, 15) is 4.79 Å². The Kier molecular flexibility index (Phi) is 7.57. The molecule has 0 aromatic heterocycles. The second-order valence-corrected chi connectivity index (χ2v) is 6.52. The van der Waals surface area contributed by atoms with E-state index in [1.807, 2.05) is 19.1 Å². The van der Waals surface area contributed by atoms with Crippen LogP contribution in [0.5, 0.6) is 11.5 Å². The Hall–Kier alpha value is -1.95. The van der Waals surface area contributed by atoms with Gasteiger partial charge in [-0.2, -0.15) is 0 Å².